The standard InChI is InChI=1S/C13H18N2O2/c16-12-10-6-9(11(15-10)13(12)17)14-7-8-4-2-1-3-5-8/h1-5,9-17H,6-7H2/t9-,10+,11?,12-,13+/m1/s1. The van der Waals surface area contributed by atoms with Gasteiger partial charge in [-0.25, -0.2) is 0 Å². The lowest BCUT2D eigenvalue weighted by atomic mass is 9.90. The van der Waals surface area contributed by atoms with Gasteiger partial charge in [0.2, 0.25) is 0 Å². The Morgan fingerprint density at radius 1 is 1.18 bits per heavy atom. The Labute approximate surface area is 101 Å². The summed E-state index contributed by atoms with van der Waals surface area (Å²) in [6.45, 7) is 0.805. The molecule has 2 bridgehead atoms. The van der Waals surface area contributed by atoms with Gasteiger partial charge in [-0.15, -0.1) is 0 Å². The minimum atomic E-state index is -0.637. The smallest absolute Gasteiger partial charge is 0.0982 e. The van der Waals surface area contributed by atoms with Crippen LogP contribution in [0.5, 0.6) is 0 Å². The Morgan fingerprint density at radius 3 is 2.59 bits per heavy atom. The first-order valence-electron chi connectivity index (χ1n) is 6.15. The summed E-state index contributed by atoms with van der Waals surface area (Å²) in [5, 5.41) is 26.2. The van der Waals surface area contributed by atoms with Gasteiger partial charge in [0.15, 0.2) is 0 Å². The molecule has 4 heteroatoms. The maximum atomic E-state index is 9.80. The van der Waals surface area contributed by atoms with Gasteiger partial charge in [0.25, 0.3) is 0 Å². The molecule has 1 aromatic carbocycles. The van der Waals surface area contributed by atoms with Gasteiger partial charge in [0, 0.05) is 18.6 Å². The molecule has 2 aliphatic heterocycles. The number of benzene rings is 1. The van der Waals surface area contributed by atoms with Crippen LogP contribution in [0.25, 0.3) is 0 Å². The zero-order valence-corrected chi connectivity index (χ0v) is 9.58. The molecule has 2 aliphatic rings. The summed E-state index contributed by atoms with van der Waals surface area (Å²) < 4.78 is 0. The molecule has 2 saturated heterocycles. The Morgan fingerprint density at radius 2 is 1.94 bits per heavy atom. The van der Waals surface area contributed by atoms with Crippen LogP contribution in [0, 0.1) is 0 Å². The normalized spacial score (nSPS) is 39.8. The lowest BCUT2D eigenvalue weighted by Gasteiger charge is -2.28. The summed E-state index contributed by atoms with van der Waals surface area (Å²) in [5.41, 5.74) is 1.24. The van der Waals surface area contributed by atoms with Crippen LogP contribution >= 0.6 is 0 Å². The Kier molecular flexibility index (Phi) is 2.88. The van der Waals surface area contributed by atoms with Gasteiger partial charge in [0.1, 0.15) is 0 Å². The van der Waals surface area contributed by atoms with E-state index in [0.717, 1.165) is 13.0 Å². The lowest BCUT2D eigenvalue weighted by Crippen LogP contribution is -2.50. The first-order chi connectivity index (χ1) is 8.25. The molecule has 92 valence electrons. The van der Waals surface area contributed by atoms with Crippen molar-refractivity contribution >= 4 is 0 Å². The highest BCUT2D eigenvalue weighted by Gasteiger charge is 2.51. The molecule has 2 fully saturated rings. The van der Waals surface area contributed by atoms with Crippen molar-refractivity contribution in [3.8, 4) is 0 Å². The fourth-order valence-corrected chi connectivity index (χ4v) is 2.93. The molecule has 0 saturated carbocycles. The Bertz CT molecular complexity index is 382. The monoisotopic (exact) mass is 234 g/mol. The molecule has 0 radical (unpaired) electrons. The van der Waals surface area contributed by atoms with Crippen LogP contribution in [0.1, 0.15) is 12.0 Å². The first kappa shape index (κ1) is 11.2. The number of aliphatic hydroxyl groups is 2. The quantitative estimate of drug-likeness (QED) is 0.575. The summed E-state index contributed by atoms with van der Waals surface area (Å²) >= 11 is 0. The minimum Gasteiger partial charge on any atom is -0.389 e. The van der Waals surface area contributed by atoms with Gasteiger partial charge in [-0.05, 0) is 12.0 Å². The average molecular weight is 234 g/mol. The van der Waals surface area contributed by atoms with Crippen molar-refractivity contribution in [1.82, 2.24) is 10.6 Å². The molecule has 0 aliphatic carbocycles. The molecular weight excluding hydrogens is 216 g/mol. The predicted octanol–water partition coefficient (Wildman–Crippen LogP) is -0.389. The number of aliphatic hydroxyl groups excluding tert-OH is 2. The Hall–Kier alpha value is -0.940. The maximum Gasteiger partial charge on any atom is 0.0982 e. The van der Waals surface area contributed by atoms with Crippen LogP contribution in [-0.4, -0.2) is 40.5 Å². The fraction of sp³-hybridized carbons (Fsp3) is 0.538. The molecule has 5 atom stereocenters. The molecule has 0 aromatic heterocycles. The van der Waals surface area contributed by atoms with Crippen LogP contribution < -0.4 is 10.6 Å². The largest absolute Gasteiger partial charge is 0.389 e. The zero-order chi connectivity index (χ0) is 11.8. The van der Waals surface area contributed by atoms with Gasteiger partial charge in [-0.1, -0.05) is 30.3 Å². The van der Waals surface area contributed by atoms with Crippen molar-refractivity contribution in [2.45, 2.75) is 43.3 Å². The van der Waals surface area contributed by atoms with Gasteiger partial charge in [-0.2, -0.15) is 0 Å². The third-order valence-corrected chi connectivity index (χ3v) is 3.89. The summed E-state index contributed by atoms with van der Waals surface area (Å²) in [5.74, 6) is 0. The van der Waals surface area contributed by atoms with Crippen molar-refractivity contribution in [1.29, 1.82) is 0 Å². The minimum absolute atomic E-state index is 0.0151. The van der Waals surface area contributed by atoms with Crippen molar-refractivity contribution in [3.63, 3.8) is 0 Å². The molecule has 4 N–H and O–H groups in total. The van der Waals surface area contributed by atoms with E-state index < -0.39 is 12.2 Å². The van der Waals surface area contributed by atoms with Gasteiger partial charge in [-0.3, -0.25) is 0 Å². The van der Waals surface area contributed by atoms with Crippen molar-refractivity contribution in [2.75, 3.05) is 0 Å². The molecule has 0 spiro atoms. The number of hydrogen-bond acceptors (Lipinski definition) is 4. The SMILES string of the molecule is O[C@@H]1[C@@H]2C[C@@H](NCc3ccccc3)C(N2)[C@@H]1O. The summed E-state index contributed by atoms with van der Waals surface area (Å²) in [4.78, 5) is 0. The lowest BCUT2D eigenvalue weighted by molar-refractivity contribution is 0.00392. The molecule has 1 unspecified atom stereocenters. The number of nitrogens with one attached hydrogen (secondary N) is 2. The van der Waals surface area contributed by atoms with E-state index >= 15 is 0 Å². The predicted molar refractivity (Wildman–Crippen MR) is 64.4 cm³/mol. The van der Waals surface area contributed by atoms with E-state index in [4.69, 9.17) is 0 Å². The van der Waals surface area contributed by atoms with E-state index in [1.165, 1.54) is 5.56 Å². The van der Waals surface area contributed by atoms with Crippen molar-refractivity contribution < 1.29 is 10.2 Å². The fourth-order valence-electron chi connectivity index (χ4n) is 2.93. The van der Waals surface area contributed by atoms with Crippen LogP contribution in [0.3, 0.4) is 0 Å². The highest BCUT2D eigenvalue weighted by molar-refractivity contribution is 5.16. The molecule has 4 nitrogen and oxygen atoms in total. The van der Waals surface area contributed by atoms with Gasteiger partial charge < -0.3 is 20.8 Å². The average Bonchev–Trinajstić information content (AvgIpc) is 2.89. The van der Waals surface area contributed by atoms with E-state index in [1.807, 2.05) is 18.2 Å². The van der Waals surface area contributed by atoms with Gasteiger partial charge >= 0.3 is 0 Å². The third-order valence-electron chi connectivity index (χ3n) is 3.89. The number of fused-ring (bicyclic) bond motifs is 2. The second-order valence-corrected chi connectivity index (χ2v) is 4.99. The maximum absolute atomic E-state index is 9.80. The second-order valence-electron chi connectivity index (χ2n) is 4.99. The van der Waals surface area contributed by atoms with Crippen LogP contribution in [0.2, 0.25) is 0 Å². The second kappa shape index (κ2) is 4.38. The van der Waals surface area contributed by atoms with Crippen molar-refractivity contribution in [3.05, 3.63) is 35.9 Å². The van der Waals surface area contributed by atoms with Crippen LogP contribution in [0.4, 0.5) is 0 Å². The van der Waals surface area contributed by atoms with E-state index in [0.29, 0.717) is 0 Å². The first-order valence-corrected chi connectivity index (χ1v) is 6.15. The van der Waals surface area contributed by atoms with Crippen molar-refractivity contribution in [2.24, 2.45) is 0 Å². The third kappa shape index (κ3) is 1.98. The number of rotatable bonds is 3. The highest BCUT2D eigenvalue weighted by atomic mass is 16.3. The van der Waals surface area contributed by atoms with E-state index in [1.54, 1.807) is 0 Å². The molecular formula is C13H18N2O2. The summed E-state index contributed by atoms with van der Waals surface area (Å²) in [6, 6.07) is 10.5. The summed E-state index contributed by atoms with van der Waals surface area (Å²) in [7, 11) is 0. The summed E-state index contributed by atoms with van der Waals surface area (Å²) in [6.07, 6.45) is -0.354. The molecule has 3 rings (SSSR count). The number of hydrogen-bond donors (Lipinski definition) is 4. The molecule has 2 heterocycles. The van der Waals surface area contributed by atoms with Crippen LogP contribution in [0.15, 0.2) is 30.3 Å². The topological polar surface area (TPSA) is 64.5 Å². The molecule has 0 amide bonds. The van der Waals surface area contributed by atoms with E-state index in [9.17, 15) is 10.2 Å². The Balaban J connectivity index is 1.58. The zero-order valence-electron chi connectivity index (χ0n) is 9.58. The van der Waals surface area contributed by atoms with E-state index in [-0.39, 0.29) is 18.1 Å². The van der Waals surface area contributed by atoms with E-state index in [2.05, 4.69) is 22.8 Å². The molecule has 1 aromatic rings. The highest BCUT2D eigenvalue weighted by Crippen LogP contribution is 2.29. The van der Waals surface area contributed by atoms with Gasteiger partial charge in [0.05, 0.1) is 18.2 Å². The molecule has 17 heavy (non-hydrogen) atoms. The van der Waals surface area contributed by atoms with Crippen LogP contribution in [-0.2, 0) is 6.54 Å².